The van der Waals surface area contributed by atoms with Crippen LogP contribution in [0.4, 0.5) is 4.39 Å². The summed E-state index contributed by atoms with van der Waals surface area (Å²) in [5.74, 6) is -0.215. The number of para-hydroxylation sites is 1. The fourth-order valence-corrected chi connectivity index (χ4v) is 3.57. The van der Waals surface area contributed by atoms with Crippen molar-refractivity contribution in [2.45, 2.75) is 31.8 Å². The lowest BCUT2D eigenvalue weighted by molar-refractivity contribution is -0.191. The number of fused-ring (bicyclic) bond motifs is 2. The summed E-state index contributed by atoms with van der Waals surface area (Å²) >= 11 is 0. The van der Waals surface area contributed by atoms with Crippen molar-refractivity contribution in [2.24, 2.45) is 0 Å². The topological polar surface area (TPSA) is 36.4 Å². The molecule has 2 aromatic carbocycles. The van der Waals surface area contributed by atoms with Crippen molar-refractivity contribution in [1.82, 2.24) is 10.0 Å². The maximum absolute atomic E-state index is 14.4. The van der Waals surface area contributed by atoms with E-state index in [1.807, 2.05) is 50.2 Å². The number of pyridine rings is 1. The highest BCUT2D eigenvalue weighted by molar-refractivity contribution is 5.79. The zero-order valence-electron chi connectivity index (χ0n) is 13.7. The third kappa shape index (κ3) is 2.30. The number of hydrogen-bond donors (Lipinski definition) is 1. The molecular weight excluding hydrogens is 303 g/mol. The summed E-state index contributed by atoms with van der Waals surface area (Å²) < 4.78 is 14.4. The molecule has 4 heteroatoms. The van der Waals surface area contributed by atoms with E-state index in [0.29, 0.717) is 12.0 Å². The molecule has 0 saturated heterocycles. The molecule has 0 spiro atoms. The highest BCUT2D eigenvalue weighted by atomic mass is 19.1. The zero-order chi connectivity index (χ0) is 16.9. The van der Waals surface area contributed by atoms with Gasteiger partial charge in [0.25, 0.3) is 0 Å². The van der Waals surface area contributed by atoms with Crippen molar-refractivity contribution in [3.8, 4) is 0 Å². The van der Waals surface area contributed by atoms with Gasteiger partial charge in [0.05, 0.1) is 11.6 Å². The third-order valence-corrected chi connectivity index (χ3v) is 4.85. The minimum atomic E-state index is -0.564. The Morgan fingerprint density at radius 3 is 2.79 bits per heavy atom. The van der Waals surface area contributed by atoms with Crippen molar-refractivity contribution in [2.75, 3.05) is 0 Å². The summed E-state index contributed by atoms with van der Waals surface area (Å²) in [6.45, 7) is 3.84. The summed E-state index contributed by atoms with van der Waals surface area (Å²) in [5.41, 5.74) is 2.67. The molecule has 0 radical (unpaired) electrons. The largest absolute Gasteiger partial charge is 0.313 e. The first-order valence-electron chi connectivity index (χ1n) is 8.07. The molecule has 1 unspecified atom stereocenters. The Morgan fingerprint density at radius 2 is 1.96 bits per heavy atom. The lowest BCUT2D eigenvalue weighted by atomic mass is 9.80. The third-order valence-electron chi connectivity index (χ3n) is 4.85. The molecule has 0 saturated carbocycles. The second kappa shape index (κ2) is 5.36. The van der Waals surface area contributed by atoms with Gasteiger partial charge in [-0.2, -0.15) is 5.06 Å². The molecule has 0 aliphatic carbocycles. The van der Waals surface area contributed by atoms with E-state index in [-0.39, 0.29) is 5.82 Å². The van der Waals surface area contributed by atoms with Gasteiger partial charge in [0.15, 0.2) is 0 Å². The average molecular weight is 322 g/mol. The normalized spacial score (nSPS) is 20.1. The van der Waals surface area contributed by atoms with Gasteiger partial charge in [0, 0.05) is 17.1 Å². The van der Waals surface area contributed by atoms with Crippen LogP contribution in [-0.2, 0) is 6.42 Å². The molecule has 1 aliphatic rings. The van der Waals surface area contributed by atoms with E-state index in [1.54, 1.807) is 12.3 Å². The van der Waals surface area contributed by atoms with Crippen LogP contribution in [0.2, 0.25) is 0 Å². The summed E-state index contributed by atoms with van der Waals surface area (Å²) in [5, 5.41) is 13.2. The molecule has 1 aromatic heterocycles. The van der Waals surface area contributed by atoms with E-state index < -0.39 is 11.6 Å². The Balaban J connectivity index is 1.93. The van der Waals surface area contributed by atoms with Crippen LogP contribution < -0.4 is 0 Å². The highest BCUT2D eigenvalue weighted by Crippen LogP contribution is 2.42. The second-order valence-corrected chi connectivity index (χ2v) is 7.01. The van der Waals surface area contributed by atoms with Crippen molar-refractivity contribution in [3.05, 3.63) is 77.2 Å². The molecule has 3 aromatic rings. The smallest absolute Gasteiger partial charge is 0.126 e. The van der Waals surface area contributed by atoms with Crippen LogP contribution in [0.5, 0.6) is 0 Å². The van der Waals surface area contributed by atoms with Gasteiger partial charge in [-0.05, 0) is 55.2 Å². The monoisotopic (exact) mass is 322 g/mol. The molecule has 4 rings (SSSR count). The molecule has 1 N–H and O–H groups in total. The van der Waals surface area contributed by atoms with Crippen molar-refractivity contribution < 1.29 is 9.60 Å². The predicted octanol–water partition coefficient (Wildman–Crippen LogP) is 4.49. The molecule has 24 heavy (non-hydrogen) atoms. The van der Waals surface area contributed by atoms with Crippen LogP contribution in [0.15, 0.2) is 54.7 Å². The first-order valence-corrected chi connectivity index (χ1v) is 8.07. The van der Waals surface area contributed by atoms with E-state index in [0.717, 1.165) is 22.0 Å². The number of hydroxylamine groups is 2. The standard InChI is InChI=1S/C20H19FN2O/c1-20(2)11-16-15(7-5-8-17(16)21)19(23(20)24)14-10-13-6-3-4-9-18(13)22-12-14/h3-10,12,19,24H,11H2,1-2H3. The first-order chi connectivity index (χ1) is 11.5. The van der Waals surface area contributed by atoms with E-state index >= 15 is 0 Å². The van der Waals surface area contributed by atoms with Gasteiger partial charge in [0.2, 0.25) is 0 Å². The fraction of sp³-hybridized carbons (Fsp3) is 0.250. The minimum absolute atomic E-state index is 0.215. The average Bonchev–Trinajstić information content (AvgIpc) is 2.57. The Morgan fingerprint density at radius 1 is 1.17 bits per heavy atom. The summed E-state index contributed by atoms with van der Waals surface area (Å²) in [6.07, 6.45) is 2.23. The molecule has 0 amide bonds. The van der Waals surface area contributed by atoms with Gasteiger partial charge in [-0.1, -0.05) is 30.3 Å². The molecule has 3 nitrogen and oxygen atoms in total. The summed E-state index contributed by atoms with van der Waals surface area (Å²) in [7, 11) is 0. The zero-order valence-corrected chi connectivity index (χ0v) is 13.7. The lowest BCUT2D eigenvalue weighted by Gasteiger charge is -2.44. The van der Waals surface area contributed by atoms with Crippen LogP contribution >= 0.6 is 0 Å². The lowest BCUT2D eigenvalue weighted by Crippen LogP contribution is -2.49. The van der Waals surface area contributed by atoms with Crippen LogP contribution in [0.3, 0.4) is 0 Å². The number of nitrogens with zero attached hydrogens (tertiary/aromatic N) is 2. The molecular formula is C20H19FN2O. The first kappa shape index (κ1) is 15.2. The van der Waals surface area contributed by atoms with Gasteiger partial charge in [-0.15, -0.1) is 0 Å². The second-order valence-electron chi connectivity index (χ2n) is 7.01. The van der Waals surface area contributed by atoms with Crippen molar-refractivity contribution in [3.63, 3.8) is 0 Å². The number of halogens is 1. The van der Waals surface area contributed by atoms with Gasteiger partial charge in [-0.25, -0.2) is 4.39 Å². The van der Waals surface area contributed by atoms with Gasteiger partial charge in [-0.3, -0.25) is 4.98 Å². The minimum Gasteiger partial charge on any atom is -0.313 e. The number of benzene rings is 2. The van der Waals surface area contributed by atoms with Crippen molar-refractivity contribution >= 4 is 10.9 Å². The van der Waals surface area contributed by atoms with Crippen LogP contribution in [0.25, 0.3) is 10.9 Å². The Labute approximate surface area is 140 Å². The van der Waals surface area contributed by atoms with Crippen molar-refractivity contribution in [1.29, 1.82) is 0 Å². The Bertz CT molecular complexity index is 922. The molecule has 1 aliphatic heterocycles. The SMILES string of the molecule is CC1(C)Cc2c(F)cccc2C(c2cnc3ccccc3c2)N1O. The molecule has 2 heterocycles. The maximum atomic E-state index is 14.4. The van der Waals surface area contributed by atoms with Gasteiger partial charge >= 0.3 is 0 Å². The molecule has 0 bridgehead atoms. The van der Waals surface area contributed by atoms with Crippen LogP contribution in [0.1, 0.15) is 36.6 Å². The van der Waals surface area contributed by atoms with Gasteiger partial charge in [0.1, 0.15) is 5.82 Å². The molecule has 1 atom stereocenters. The number of hydrogen-bond acceptors (Lipinski definition) is 3. The van der Waals surface area contributed by atoms with E-state index in [9.17, 15) is 9.60 Å². The van der Waals surface area contributed by atoms with E-state index in [1.165, 1.54) is 11.1 Å². The molecule has 0 fully saturated rings. The number of aromatic nitrogens is 1. The predicted molar refractivity (Wildman–Crippen MR) is 91.4 cm³/mol. The Kier molecular flexibility index (Phi) is 3.41. The Hall–Kier alpha value is -2.30. The van der Waals surface area contributed by atoms with Gasteiger partial charge < -0.3 is 5.21 Å². The van der Waals surface area contributed by atoms with E-state index in [4.69, 9.17) is 0 Å². The van der Waals surface area contributed by atoms with Crippen LogP contribution in [0, 0.1) is 5.82 Å². The summed E-state index contributed by atoms with van der Waals surface area (Å²) in [6, 6.07) is 14.5. The fourth-order valence-electron chi connectivity index (χ4n) is 3.57. The molecule has 122 valence electrons. The quantitative estimate of drug-likeness (QED) is 0.717. The number of rotatable bonds is 1. The maximum Gasteiger partial charge on any atom is 0.126 e. The highest BCUT2D eigenvalue weighted by Gasteiger charge is 2.41. The van der Waals surface area contributed by atoms with E-state index in [2.05, 4.69) is 4.98 Å². The van der Waals surface area contributed by atoms with Crippen LogP contribution in [-0.4, -0.2) is 20.8 Å². The summed E-state index contributed by atoms with van der Waals surface area (Å²) in [4.78, 5) is 4.50.